The van der Waals surface area contributed by atoms with E-state index in [9.17, 15) is 5.11 Å². The van der Waals surface area contributed by atoms with E-state index in [0.717, 1.165) is 5.56 Å². The highest BCUT2D eigenvalue weighted by Gasteiger charge is 2.04. The molecule has 13 heavy (non-hydrogen) atoms. The maximum absolute atomic E-state index is 9.62. The standard InChI is InChI=1S/C11H11ClO/c1-2-3-7-11(13)9-5-4-6-10(12)8-9/h3-6,8,11,13H,1,7H2/t11-/m1/s1. The van der Waals surface area contributed by atoms with Gasteiger partial charge in [-0.05, 0) is 23.8 Å². The Morgan fingerprint density at radius 3 is 3.00 bits per heavy atom. The van der Waals surface area contributed by atoms with E-state index in [1.807, 2.05) is 12.1 Å². The molecule has 68 valence electrons. The average molecular weight is 195 g/mol. The van der Waals surface area contributed by atoms with Gasteiger partial charge in [-0.3, -0.25) is 0 Å². The Bertz CT molecular complexity index is 327. The van der Waals surface area contributed by atoms with Gasteiger partial charge in [0, 0.05) is 11.4 Å². The summed E-state index contributed by atoms with van der Waals surface area (Å²) < 4.78 is 0. The van der Waals surface area contributed by atoms with Gasteiger partial charge >= 0.3 is 0 Å². The molecule has 0 heterocycles. The van der Waals surface area contributed by atoms with E-state index >= 15 is 0 Å². The first-order valence-corrected chi connectivity index (χ1v) is 4.39. The fourth-order valence-corrected chi connectivity index (χ4v) is 1.24. The highest BCUT2D eigenvalue weighted by Crippen LogP contribution is 2.20. The van der Waals surface area contributed by atoms with E-state index in [1.165, 1.54) is 0 Å². The minimum atomic E-state index is -0.520. The summed E-state index contributed by atoms with van der Waals surface area (Å²) in [6.07, 6.45) is 1.70. The van der Waals surface area contributed by atoms with Crippen molar-refractivity contribution in [2.75, 3.05) is 0 Å². The Kier molecular flexibility index (Phi) is 3.78. The fourth-order valence-electron chi connectivity index (χ4n) is 1.04. The van der Waals surface area contributed by atoms with E-state index in [4.69, 9.17) is 11.6 Å². The van der Waals surface area contributed by atoms with Crippen molar-refractivity contribution in [1.29, 1.82) is 0 Å². The van der Waals surface area contributed by atoms with Crippen molar-refractivity contribution in [3.05, 3.63) is 53.2 Å². The molecule has 0 amide bonds. The maximum Gasteiger partial charge on any atom is 0.0831 e. The first-order valence-electron chi connectivity index (χ1n) is 4.02. The number of aliphatic hydroxyl groups excluding tert-OH is 1. The molecule has 1 atom stereocenters. The molecule has 1 N–H and O–H groups in total. The molecule has 0 spiro atoms. The second-order valence-corrected chi connectivity index (χ2v) is 3.15. The zero-order valence-electron chi connectivity index (χ0n) is 7.20. The molecule has 2 heteroatoms. The van der Waals surface area contributed by atoms with Crippen molar-refractivity contribution in [3.8, 4) is 0 Å². The Morgan fingerprint density at radius 2 is 2.38 bits per heavy atom. The second kappa shape index (κ2) is 4.88. The minimum Gasteiger partial charge on any atom is -0.388 e. The molecular formula is C11H11ClO. The van der Waals surface area contributed by atoms with Gasteiger partial charge < -0.3 is 5.11 Å². The molecule has 0 saturated carbocycles. The quantitative estimate of drug-likeness (QED) is 0.734. The lowest BCUT2D eigenvalue weighted by molar-refractivity contribution is 0.181. The molecule has 1 aromatic rings. The van der Waals surface area contributed by atoms with Crippen LogP contribution in [0.2, 0.25) is 5.02 Å². The zero-order valence-corrected chi connectivity index (χ0v) is 7.96. The maximum atomic E-state index is 9.62. The van der Waals surface area contributed by atoms with Crippen LogP contribution < -0.4 is 0 Å². The lowest BCUT2D eigenvalue weighted by Gasteiger charge is -2.07. The van der Waals surface area contributed by atoms with Crippen LogP contribution in [0.5, 0.6) is 0 Å². The van der Waals surface area contributed by atoms with Gasteiger partial charge in [-0.1, -0.05) is 30.3 Å². The number of hydrogen-bond acceptors (Lipinski definition) is 1. The van der Waals surface area contributed by atoms with Gasteiger partial charge in [-0.15, -0.1) is 5.73 Å². The van der Waals surface area contributed by atoms with Crippen molar-refractivity contribution in [2.45, 2.75) is 12.5 Å². The number of benzene rings is 1. The fraction of sp³-hybridized carbons (Fsp3) is 0.182. The lowest BCUT2D eigenvalue weighted by Crippen LogP contribution is -1.94. The van der Waals surface area contributed by atoms with Crippen molar-refractivity contribution >= 4 is 11.6 Å². The Labute approximate surface area is 83.0 Å². The Morgan fingerprint density at radius 1 is 1.62 bits per heavy atom. The summed E-state index contributed by atoms with van der Waals surface area (Å²) in [5, 5.41) is 10.3. The normalized spacial score (nSPS) is 11.8. The molecule has 0 aliphatic heterocycles. The zero-order chi connectivity index (χ0) is 9.68. The molecule has 0 bridgehead atoms. The van der Waals surface area contributed by atoms with Crippen molar-refractivity contribution in [2.24, 2.45) is 0 Å². The largest absolute Gasteiger partial charge is 0.388 e. The van der Waals surface area contributed by atoms with Crippen molar-refractivity contribution in [3.63, 3.8) is 0 Å². The van der Waals surface area contributed by atoms with Gasteiger partial charge in [-0.2, -0.15) is 0 Å². The molecule has 0 aliphatic rings. The summed E-state index contributed by atoms with van der Waals surface area (Å²) in [7, 11) is 0. The summed E-state index contributed by atoms with van der Waals surface area (Å²) in [6.45, 7) is 3.43. The molecule has 0 radical (unpaired) electrons. The summed E-state index contributed by atoms with van der Waals surface area (Å²) in [5.74, 6) is 0. The van der Waals surface area contributed by atoms with Gasteiger partial charge in [-0.25, -0.2) is 0 Å². The van der Waals surface area contributed by atoms with Crippen LogP contribution in [-0.2, 0) is 0 Å². The van der Waals surface area contributed by atoms with E-state index in [0.29, 0.717) is 11.4 Å². The third-order valence-corrected chi connectivity index (χ3v) is 1.95. The van der Waals surface area contributed by atoms with Crippen molar-refractivity contribution in [1.82, 2.24) is 0 Å². The summed E-state index contributed by atoms with van der Waals surface area (Å²) >= 11 is 5.77. The van der Waals surface area contributed by atoms with E-state index in [2.05, 4.69) is 12.3 Å². The third kappa shape index (κ3) is 3.08. The van der Waals surface area contributed by atoms with Crippen LogP contribution in [-0.4, -0.2) is 5.11 Å². The minimum absolute atomic E-state index is 0.518. The van der Waals surface area contributed by atoms with Crippen LogP contribution >= 0.6 is 11.6 Å². The molecule has 1 nitrogen and oxygen atoms in total. The monoisotopic (exact) mass is 194 g/mol. The van der Waals surface area contributed by atoms with Crippen LogP contribution in [0, 0.1) is 0 Å². The molecule has 0 saturated heterocycles. The molecule has 1 aromatic carbocycles. The molecule has 0 aliphatic carbocycles. The summed E-state index contributed by atoms with van der Waals surface area (Å²) in [6, 6.07) is 7.19. The topological polar surface area (TPSA) is 20.2 Å². The Balaban J connectivity index is 2.76. The van der Waals surface area contributed by atoms with Gasteiger partial charge in [0.2, 0.25) is 0 Å². The van der Waals surface area contributed by atoms with Crippen LogP contribution in [0.4, 0.5) is 0 Å². The Hall–Kier alpha value is -1.01. The number of halogens is 1. The number of aliphatic hydroxyl groups is 1. The first-order chi connectivity index (χ1) is 6.24. The SMILES string of the molecule is C=C=CC[C@@H](O)c1cccc(Cl)c1. The van der Waals surface area contributed by atoms with Gasteiger partial charge in [0.05, 0.1) is 6.10 Å². The number of hydrogen-bond donors (Lipinski definition) is 1. The predicted octanol–water partition coefficient (Wildman–Crippen LogP) is 3.10. The molecule has 0 fully saturated rings. The van der Waals surface area contributed by atoms with Crippen LogP contribution in [0.25, 0.3) is 0 Å². The van der Waals surface area contributed by atoms with Crippen LogP contribution in [0.3, 0.4) is 0 Å². The highest BCUT2D eigenvalue weighted by atomic mass is 35.5. The molecular weight excluding hydrogens is 184 g/mol. The van der Waals surface area contributed by atoms with Gasteiger partial charge in [0.15, 0.2) is 0 Å². The van der Waals surface area contributed by atoms with Gasteiger partial charge in [0.25, 0.3) is 0 Å². The second-order valence-electron chi connectivity index (χ2n) is 2.71. The molecule has 0 unspecified atom stereocenters. The smallest absolute Gasteiger partial charge is 0.0831 e. The van der Waals surface area contributed by atoms with Crippen LogP contribution in [0.15, 0.2) is 42.7 Å². The summed E-state index contributed by atoms with van der Waals surface area (Å²) in [5.41, 5.74) is 3.43. The van der Waals surface area contributed by atoms with E-state index in [1.54, 1.807) is 18.2 Å². The number of rotatable bonds is 3. The van der Waals surface area contributed by atoms with Crippen molar-refractivity contribution < 1.29 is 5.11 Å². The first kappa shape index (κ1) is 10.1. The lowest BCUT2D eigenvalue weighted by atomic mass is 10.1. The molecule has 0 aromatic heterocycles. The van der Waals surface area contributed by atoms with Gasteiger partial charge in [0.1, 0.15) is 0 Å². The third-order valence-electron chi connectivity index (χ3n) is 1.72. The average Bonchev–Trinajstić information content (AvgIpc) is 2.14. The summed E-state index contributed by atoms with van der Waals surface area (Å²) in [4.78, 5) is 0. The predicted molar refractivity (Wildman–Crippen MR) is 54.7 cm³/mol. The highest BCUT2D eigenvalue weighted by molar-refractivity contribution is 6.30. The van der Waals surface area contributed by atoms with E-state index < -0.39 is 6.10 Å². The van der Waals surface area contributed by atoms with E-state index in [-0.39, 0.29) is 0 Å². The molecule has 1 rings (SSSR count). The van der Waals surface area contributed by atoms with Crippen LogP contribution in [0.1, 0.15) is 18.1 Å².